The van der Waals surface area contributed by atoms with Crippen LogP contribution in [0.25, 0.3) is 0 Å². The highest BCUT2D eigenvalue weighted by Gasteiger charge is 2.08. The highest BCUT2D eigenvalue weighted by Crippen LogP contribution is 2.09. The number of carbonyl (C=O) groups excluding carboxylic acids is 1. The third-order valence-corrected chi connectivity index (χ3v) is 1.85. The van der Waals surface area contributed by atoms with E-state index < -0.39 is 5.82 Å². The molecule has 0 spiro atoms. The molecule has 3 heteroatoms. The van der Waals surface area contributed by atoms with Crippen molar-refractivity contribution in [3.8, 4) is 0 Å². The van der Waals surface area contributed by atoms with Crippen LogP contribution < -0.4 is 5.32 Å². The van der Waals surface area contributed by atoms with Gasteiger partial charge in [0, 0.05) is 12.1 Å². The van der Waals surface area contributed by atoms with Gasteiger partial charge in [-0.1, -0.05) is 12.1 Å². The molecule has 0 atom stereocenters. The van der Waals surface area contributed by atoms with Crippen molar-refractivity contribution < 1.29 is 9.18 Å². The summed E-state index contributed by atoms with van der Waals surface area (Å²) in [4.78, 5) is 11.5. The monoisotopic (exact) mass is 193 g/mol. The van der Waals surface area contributed by atoms with Crippen LogP contribution in [0.4, 0.5) is 4.39 Å². The number of hydrogen-bond donors (Lipinski definition) is 1. The third-order valence-electron chi connectivity index (χ3n) is 1.85. The summed E-state index contributed by atoms with van der Waals surface area (Å²) in [5, 5.41) is 2.59. The van der Waals surface area contributed by atoms with Crippen molar-refractivity contribution >= 4 is 5.91 Å². The van der Waals surface area contributed by atoms with Crippen LogP contribution in [0, 0.1) is 12.7 Å². The number of amides is 1. The maximum atomic E-state index is 12.8. The first kappa shape index (κ1) is 10.4. The Morgan fingerprint density at radius 3 is 3.00 bits per heavy atom. The highest BCUT2D eigenvalue weighted by atomic mass is 19.1. The van der Waals surface area contributed by atoms with Crippen LogP contribution in [0.3, 0.4) is 0 Å². The number of carbonyl (C=O) groups is 1. The van der Waals surface area contributed by atoms with Crippen LogP contribution in [0.2, 0.25) is 0 Å². The molecule has 74 valence electrons. The van der Waals surface area contributed by atoms with Crippen molar-refractivity contribution in [2.24, 2.45) is 0 Å². The van der Waals surface area contributed by atoms with Crippen molar-refractivity contribution in [3.05, 3.63) is 47.8 Å². The summed E-state index contributed by atoms with van der Waals surface area (Å²) < 4.78 is 12.8. The molecule has 0 aliphatic rings. The lowest BCUT2D eigenvalue weighted by Gasteiger charge is -2.05. The highest BCUT2D eigenvalue weighted by molar-refractivity contribution is 5.95. The Kier molecular flexibility index (Phi) is 3.40. The first-order valence-electron chi connectivity index (χ1n) is 4.30. The third kappa shape index (κ3) is 2.42. The van der Waals surface area contributed by atoms with Gasteiger partial charge < -0.3 is 5.32 Å². The number of aryl methyl sites for hydroxylation is 1. The second-order valence-electron chi connectivity index (χ2n) is 2.96. The molecule has 1 aromatic rings. The van der Waals surface area contributed by atoms with Crippen molar-refractivity contribution in [3.63, 3.8) is 0 Å². The topological polar surface area (TPSA) is 29.1 Å². The Labute approximate surface area is 82.4 Å². The van der Waals surface area contributed by atoms with Crippen LogP contribution in [-0.2, 0) is 0 Å². The summed E-state index contributed by atoms with van der Waals surface area (Å²) in [6.07, 6.45) is 1.58. The average Bonchev–Trinajstić information content (AvgIpc) is 2.18. The minimum atomic E-state index is -0.403. The Morgan fingerprint density at radius 2 is 2.36 bits per heavy atom. The lowest BCUT2D eigenvalue weighted by Crippen LogP contribution is -2.24. The smallest absolute Gasteiger partial charge is 0.251 e. The van der Waals surface area contributed by atoms with Crippen molar-refractivity contribution in [1.29, 1.82) is 0 Å². The fraction of sp³-hybridized carbons (Fsp3) is 0.182. The molecule has 0 saturated heterocycles. The van der Waals surface area contributed by atoms with Crippen LogP contribution in [0.1, 0.15) is 15.9 Å². The summed E-state index contributed by atoms with van der Waals surface area (Å²) in [7, 11) is 0. The zero-order valence-corrected chi connectivity index (χ0v) is 8.01. The van der Waals surface area contributed by atoms with E-state index in [9.17, 15) is 9.18 Å². The van der Waals surface area contributed by atoms with Crippen molar-refractivity contribution in [2.45, 2.75) is 6.92 Å². The van der Waals surface area contributed by atoms with Crippen LogP contribution in [0.5, 0.6) is 0 Å². The minimum absolute atomic E-state index is 0.276. The number of halogens is 1. The maximum absolute atomic E-state index is 12.8. The quantitative estimate of drug-likeness (QED) is 0.731. The van der Waals surface area contributed by atoms with E-state index in [0.717, 1.165) is 5.56 Å². The summed E-state index contributed by atoms with van der Waals surface area (Å²) >= 11 is 0. The Balaban J connectivity index is 2.88. The van der Waals surface area contributed by atoms with E-state index in [1.54, 1.807) is 19.1 Å². The fourth-order valence-electron chi connectivity index (χ4n) is 1.10. The Bertz CT molecular complexity index is 360. The van der Waals surface area contributed by atoms with E-state index in [1.807, 2.05) is 0 Å². The van der Waals surface area contributed by atoms with Crippen LogP contribution in [-0.4, -0.2) is 12.5 Å². The van der Waals surface area contributed by atoms with E-state index >= 15 is 0 Å². The molecule has 0 saturated carbocycles. The van der Waals surface area contributed by atoms with Gasteiger partial charge in [-0.05, 0) is 24.6 Å². The van der Waals surface area contributed by atoms with Gasteiger partial charge in [0.2, 0.25) is 0 Å². The minimum Gasteiger partial charge on any atom is -0.349 e. The van der Waals surface area contributed by atoms with Gasteiger partial charge in [-0.15, -0.1) is 6.58 Å². The van der Waals surface area contributed by atoms with Crippen LogP contribution >= 0.6 is 0 Å². The van der Waals surface area contributed by atoms with E-state index in [0.29, 0.717) is 12.1 Å². The largest absolute Gasteiger partial charge is 0.349 e. The molecule has 0 fully saturated rings. The molecule has 0 bridgehead atoms. The van der Waals surface area contributed by atoms with Crippen LogP contribution in [0.15, 0.2) is 30.9 Å². The molecule has 0 aromatic heterocycles. The second-order valence-corrected chi connectivity index (χ2v) is 2.96. The van der Waals surface area contributed by atoms with Gasteiger partial charge in [-0.25, -0.2) is 4.39 Å². The predicted molar refractivity (Wildman–Crippen MR) is 53.7 cm³/mol. The SMILES string of the molecule is C=CCNC(=O)c1cc(F)ccc1C. The summed E-state index contributed by atoms with van der Waals surface area (Å²) in [6, 6.07) is 4.14. The lowest BCUT2D eigenvalue weighted by molar-refractivity contribution is 0.0957. The number of nitrogens with one attached hydrogen (secondary N) is 1. The average molecular weight is 193 g/mol. The molecule has 0 aliphatic heterocycles. The van der Waals surface area contributed by atoms with Gasteiger partial charge in [-0.2, -0.15) is 0 Å². The maximum Gasteiger partial charge on any atom is 0.251 e. The van der Waals surface area contributed by atoms with Crippen molar-refractivity contribution in [1.82, 2.24) is 5.32 Å². The summed E-state index contributed by atoms with van der Waals surface area (Å²) in [5.74, 6) is -0.679. The molecule has 0 radical (unpaired) electrons. The first-order valence-corrected chi connectivity index (χ1v) is 4.30. The molecule has 0 aliphatic carbocycles. The van der Waals surface area contributed by atoms with E-state index in [-0.39, 0.29) is 5.91 Å². The van der Waals surface area contributed by atoms with Gasteiger partial charge in [0.25, 0.3) is 5.91 Å². The molecule has 1 amide bonds. The fourth-order valence-corrected chi connectivity index (χ4v) is 1.10. The molecule has 2 nitrogen and oxygen atoms in total. The van der Waals surface area contributed by atoms with Gasteiger partial charge in [-0.3, -0.25) is 4.79 Å². The molecule has 0 unspecified atom stereocenters. The second kappa shape index (κ2) is 4.56. The first-order chi connectivity index (χ1) is 6.65. The zero-order chi connectivity index (χ0) is 10.6. The molecule has 1 rings (SSSR count). The van der Waals surface area contributed by atoms with Gasteiger partial charge in [0.15, 0.2) is 0 Å². The Hall–Kier alpha value is -1.64. The molecule has 1 aromatic carbocycles. The van der Waals surface area contributed by atoms with Crippen molar-refractivity contribution in [2.75, 3.05) is 6.54 Å². The normalized spacial score (nSPS) is 9.57. The van der Waals surface area contributed by atoms with Gasteiger partial charge >= 0.3 is 0 Å². The molecule has 0 heterocycles. The van der Waals surface area contributed by atoms with Gasteiger partial charge in [0.05, 0.1) is 0 Å². The number of hydrogen-bond acceptors (Lipinski definition) is 1. The predicted octanol–water partition coefficient (Wildman–Crippen LogP) is 2.05. The number of rotatable bonds is 3. The standard InChI is InChI=1S/C11H12FNO/c1-3-6-13-11(14)10-7-9(12)5-4-8(10)2/h3-5,7H,1,6H2,2H3,(H,13,14). The molecule has 14 heavy (non-hydrogen) atoms. The molecule has 1 N–H and O–H groups in total. The Morgan fingerprint density at radius 1 is 1.64 bits per heavy atom. The summed E-state index contributed by atoms with van der Waals surface area (Å²) in [6.45, 7) is 5.63. The van der Waals surface area contributed by atoms with Gasteiger partial charge in [0.1, 0.15) is 5.82 Å². The lowest BCUT2D eigenvalue weighted by atomic mass is 10.1. The zero-order valence-electron chi connectivity index (χ0n) is 8.01. The molecular weight excluding hydrogens is 181 g/mol. The van der Waals surface area contributed by atoms with E-state index in [1.165, 1.54) is 12.1 Å². The van der Waals surface area contributed by atoms with E-state index in [2.05, 4.69) is 11.9 Å². The summed E-state index contributed by atoms with van der Waals surface area (Å²) in [5.41, 5.74) is 1.12. The number of benzene rings is 1. The van der Waals surface area contributed by atoms with E-state index in [4.69, 9.17) is 0 Å². The molecular formula is C11H12FNO.